The number of hydrogen-bond acceptors (Lipinski definition) is 14. The van der Waals surface area contributed by atoms with Gasteiger partial charge in [-0.1, -0.05) is 30.3 Å². The number of azo groups is 2. The fourth-order valence-electron chi connectivity index (χ4n) is 4.26. The van der Waals surface area contributed by atoms with Crippen LogP contribution in [0.15, 0.2) is 127 Å². The van der Waals surface area contributed by atoms with E-state index in [9.17, 15) is 48.9 Å². The molecular weight excluding hydrogens is 803 g/mol. The molecule has 4 rings (SSSR count). The number of rotatable bonds is 13. The Morgan fingerprint density at radius 1 is 0.679 bits per heavy atom. The van der Waals surface area contributed by atoms with Gasteiger partial charge < -0.3 is 9.47 Å². The van der Waals surface area contributed by atoms with E-state index in [1.807, 2.05) is 0 Å². The molecule has 0 amide bonds. The standard InChI is InChI=1S/C34H24F6N4O10S2/c1-17(2)31(45)51-27-11-7-21(15-23(27)33(35,36)37)41-43-25-9-5-19(13-29(25)55-54-53-47)20-6-10-26(30(14-20)56(48,49)50)44-42-22-8-12-28(52-32(46)18(3)4)24(16-22)34(38,39)40/h5-16,47H,1,3H2,2,4H3,(H,48,49,50)/b43-41+,44-42+. The van der Waals surface area contributed by atoms with E-state index in [-0.39, 0.29) is 38.5 Å². The molecule has 4 aromatic rings. The van der Waals surface area contributed by atoms with Crippen molar-refractivity contribution in [1.29, 1.82) is 0 Å². The molecule has 0 aliphatic heterocycles. The summed E-state index contributed by atoms with van der Waals surface area (Å²) < 4.78 is 131. The SMILES string of the molecule is C=C(C)C(=O)Oc1ccc(/N=N/c2ccc(-c3ccc(/N=N/c4ccc(OC(=O)C(=C)C)c(C(F)(F)F)c4)c(S(=O)(=O)O)c3)cc2SOOO)cc1C(F)(F)F. The van der Waals surface area contributed by atoms with E-state index in [0.29, 0.717) is 24.2 Å². The molecule has 22 heteroatoms. The summed E-state index contributed by atoms with van der Waals surface area (Å²) in [4.78, 5) is 22.8. The minimum Gasteiger partial charge on any atom is -0.423 e. The number of alkyl halides is 6. The van der Waals surface area contributed by atoms with E-state index in [1.54, 1.807) is 0 Å². The Balaban J connectivity index is 1.69. The summed E-state index contributed by atoms with van der Waals surface area (Å²) in [6, 6.07) is 12.0. The number of nitrogens with zero attached hydrogens (tertiary/aromatic N) is 4. The number of esters is 2. The van der Waals surface area contributed by atoms with Crippen molar-refractivity contribution in [3.05, 3.63) is 108 Å². The van der Waals surface area contributed by atoms with Crippen LogP contribution in [-0.4, -0.2) is 30.2 Å². The van der Waals surface area contributed by atoms with Crippen molar-refractivity contribution in [3.63, 3.8) is 0 Å². The maximum absolute atomic E-state index is 13.8. The molecule has 0 saturated carbocycles. The molecule has 0 bridgehead atoms. The Hall–Kier alpha value is -5.78. The zero-order valence-electron chi connectivity index (χ0n) is 28.4. The number of ether oxygens (including phenoxy) is 2. The molecule has 0 heterocycles. The van der Waals surface area contributed by atoms with Crippen LogP contribution in [0.25, 0.3) is 11.1 Å². The molecule has 56 heavy (non-hydrogen) atoms. The highest BCUT2D eigenvalue weighted by Gasteiger charge is 2.36. The summed E-state index contributed by atoms with van der Waals surface area (Å²) in [5.41, 5.74) is -4.10. The maximum atomic E-state index is 13.8. The third-order valence-corrected chi connectivity index (χ3v) is 8.39. The van der Waals surface area contributed by atoms with E-state index >= 15 is 0 Å². The highest BCUT2D eigenvalue weighted by molar-refractivity contribution is 7.94. The quantitative estimate of drug-likeness (QED) is 0.0150. The Morgan fingerprint density at radius 3 is 1.55 bits per heavy atom. The molecular formula is C34H24F6N4O10S2. The fourth-order valence-corrected chi connectivity index (χ4v) is 5.38. The molecule has 2 N–H and O–H groups in total. The van der Waals surface area contributed by atoms with Crippen LogP contribution in [0.3, 0.4) is 0 Å². The van der Waals surface area contributed by atoms with Crippen molar-refractivity contribution in [2.24, 2.45) is 20.5 Å². The Morgan fingerprint density at radius 2 is 1.12 bits per heavy atom. The largest absolute Gasteiger partial charge is 0.423 e. The predicted molar refractivity (Wildman–Crippen MR) is 184 cm³/mol. The second-order valence-electron chi connectivity index (χ2n) is 11.2. The summed E-state index contributed by atoms with van der Waals surface area (Å²) in [6.07, 6.45) is -9.97. The van der Waals surface area contributed by atoms with Crippen molar-refractivity contribution in [1.82, 2.24) is 0 Å². The number of carbonyl (C=O) groups excluding carboxylic acids is 2. The van der Waals surface area contributed by atoms with Crippen molar-refractivity contribution in [2.45, 2.75) is 36.0 Å². The second kappa shape index (κ2) is 17.3. The minimum absolute atomic E-state index is 0.00151. The first-order valence-electron chi connectivity index (χ1n) is 15.0. The number of benzene rings is 4. The zero-order valence-corrected chi connectivity index (χ0v) is 30.0. The average Bonchev–Trinajstić information content (AvgIpc) is 3.11. The molecule has 4 aromatic carbocycles. The number of halogens is 6. The van der Waals surface area contributed by atoms with Crippen LogP contribution >= 0.6 is 12.0 Å². The molecule has 0 aliphatic carbocycles. The molecule has 0 aliphatic rings. The lowest BCUT2D eigenvalue weighted by Gasteiger charge is -2.13. The van der Waals surface area contributed by atoms with Crippen molar-refractivity contribution in [2.75, 3.05) is 0 Å². The smallest absolute Gasteiger partial charge is 0.420 e. The maximum Gasteiger partial charge on any atom is 0.420 e. The summed E-state index contributed by atoms with van der Waals surface area (Å²) in [5, 5.41) is 27.4. The molecule has 0 atom stereocenters. The highest BCUT2D eigenvalue weighted by atomic mass is 32.2. The van der Waals surface area contributed by atoms with Crippen LogP contribution in [0.2, 0.25) is 0 Å². The molecule has 0 spiro atoms. The van der Waals surface area contributed by atoms with Crippen molar-refractivity contribution >= 4 is 56.8 Å². The molecule has 0 aromatic heterocycles. The van der Waals surface area contributed by atoms with Crippen LogP contribution in [0.5, 0.6) is 11.5 Å². The van der Waals surface area contributed by atoms with Gasteiger partial charge in [0.25, 0.3) is 10.1 Å². The first-order valence-corrected chi connectivity index (χ1v) is 17.2. The van der Waals surface area contributed by atoms with Gasteiger partial charge in [-0.3, -0.25) is 4.55 Å². The van der Waals surface area contributed by atoms with Gasteiger partial charge in [-0.05, 0) is 85.6 Å². The van der Waals surface area contributed by atoms with Crippen LogP contribution in [0.4, 0.5) is 49.1 Å². The van der Waals surface area contributed by atoms with E-state index in [4.69, 9.17) is 14.7 Å². The van der Waals surface area contributed by atoms with Gasteiger partial charge in [-0.25, -0.2) is 14.8 Å². The summed E-state index contributed by atoms with van der Waals surface area (Å²) in [5.74, 6) is -3.85. The summed E-state index contributed by atoms with van der Waals surface area (Å²) >= 11 is 0.352. The molecule has 294 valence electrons. The van der Waals surface area contributed by atoms with E-state index in [1.165, 1.54) is 38.1 Å². The van der Waals surface area contributed by atoms with Crippen LogP contribution in [0.1, 0.15) is 25.0 Å². The van der Waals surface area contributed by atoms with Gasteiger partial charge in [0.2, 0.25) is 0 Å². The lowest BCUT2D eigenvalue weighted by atomic mass is 10.0. The van der Waals surface area contributed by atoms with Crippen LogP contribution in [0, 0.1) is 0 Å². The molecule has 0 radical (unpaired) electrons. The Kier molecular flexibility index (Phi) is 13.3. The first-order chi connectivity index (χ1) is 26.1. The number of hydrogen-bond donors (Lipinski definition) is 2. The van der Waals surface area contributed by atoms with Gasteiger partial charge in [0.05, 0.1) is 28.3 Å². The molecule has 0 fully saturated rings. The summed E-state index contributed by atoms with van der Waals surface area (Å²) in [7, 11) is -5.06. The van der Waals surface area contributed by atoms with Crippen LogP contribution in [-0.2, 0) is 41.4 Å². The van der Waals surface area contributed by atoms with E-state index in [0.717, 1.165) is 36.4 Å². The zero-order chi connectivity index (χ0) is 41.6. The first kappa shape index (κ1) is 43.0. The average molecular weight is 827 g/mol. The van der Waals surface area contributed by atoms with Gasteiger partial charge in [0.15, 0.2) is 0 Å². The Labute approximate surface area is 316 Å². The van der Waals surface area contributed by atoms with Gasteiger partial charge in [0.1, 0.15) is 38.9 Å². The summed E-state index contributed by atoms with van der Waals surface area (Å²) in [6.45, 7) is 9.11. The van der Waals surface area contributed by atoms with Gasteiger partial charge in [0, 0.05) is 11.1 Å². The lowest BCUT2D eigenvalue weighted by Crippen LogP contribution is -2.13. The monoisotopic (exact) mass is 826 g/mol. The third-order valence-electron chi connectivity index (χ3n) is 6.87. The van der Waals surface area contributed by atoms with E-state index < -0.39 is 73.3 Å². The Bertz CT molecular complexity index is 2380. The highest BCUT2D eigenvalue weighted by Crippen LogP contribution is 2.42. The molecule has 0 unspecified atom stereocenters. The predicted octanol–water partition coefficient (Wildman–Crippen LogP) is 10.9. The van der Waals surface area contributed by atoms with Crippen LogP contribution < -0.4 is 9.47 Å². The molecule has 14 nitrogen and oxygen atoms in total. The van der Waals surface area contributed by atoms with Gasteiger partial charge >= 0.3 is 24.3 Å². The third kappa shape index (κ3) is 11.1. The van der Waals surface area contributed by atoms with Crippen molar-refractivity contribution in [3.8, 4) is 22.6 Å². The van der Waals surface area contributed by atoms with Gasteiger partial charge in [-0.15, -0.1) is 14.6 Å². The minimum atomic E-state index is -5.06. The normalized spacial score (nSPS) is 12.2. The van der Waals surface area contributed by atoms with Crippen molar-refractivity contribution < 1.29 is 73.0 Å². The lowest BCUT2D eigenvalue weighted by molar-refractivity contribution is -0.432. The number of carbonyl (C=O) groups is 2. The van der Waals surface area contributed by atoms with E-state index in [2.05, 4.69) is 43.0 Å². The van der Waals surface area contributed by atoms with Gasteiger partial charge in [-0.2, -0.15) is 45.0 Å². The topological polar surface area (TPSA) is 195 Å². The second-order valence-corrected chi connectivity index (χ2v) is 13.3. The molecule has 0 saturated heterocycles. The fraction of sp³-hybridized carbons (Fsp3) is 0.118.